The highest BCUT2D eigenvalue weighted by atomic mass is 16.6. The van der Waals surface area contributed by atoms with Crippen LogP contribution in [0.5, 0.6) is 0 Å². The van der Waals surface area contributed by atoms with Gasteiger partial charge in [-0.3, -0.25) is 4.79 Å². The maximum absolute atomic E-state index is 12.3. The van der Waals surface area contributed by atoms with E-state index < -0.39 is 24.1 Å². The van der Waals surface area contributed by atoms with E-state index in [1.165, 1.54) is 0 Å². The molecule has 144 valence electrons. The molecular weight excluding hydrogens is 336 g/mol. The zero-order valence-electron chi connectivity index (χ0n) is 15.4. The first kappa shape index (κ1) is 20.4. The third kappa shape index (κ3) is 4.83. The average molecular weight is 364 g/mol. The number of ether oxygens (including phenoxy) is 2. The van der Waals surface area contributed by atoms with Gasteiger partial charge in [0.05, 0.1) is 18.4 Å². The van der Waals surface area contributed by atoms with Crippen molar-refractivity contribution in [3.63, 3.8) is 0 Å². The summed E-state index contributed by atoms with van der Waals surface area (Å²) >= 11 is 0. The lowest BCUT2D eigenvalue weighted by Gasteiger charge is -2.29. The molecule has 0 unspecified atom stereocenters. The largest absolute Gasteiger partial charge is 0.458 e. The highest BCUT2D eigenvalue weighted by Crippen LogP contribution is 2.37. The van der Waals surface area contributed by atoms with E-state index in [9.17, 15) is 14.7 Å². The quantitative estimate of drug-likeness (QED) is 0.441. The lowest BCUT2D eigenvalue weighted by Crippen LogP contribution is -2.36. The number of aliphatic hydroxyl groups is 2. The van der Waals surface area contributed by atoms with Crippen LogP contribution in [0, 0.1) is 11.8 Å². The SMILES string of the molecule is C=C(CCO)C(=O)O[C@H]1CC(C)=CCC/C(CO)=C/[C@H]2OC(=O)[C@H](C)[C@H]12. The van der Waals surface area contributed by atoms with Crippen molar-refractivity contribution in [3.8, 4) is 0 Å². The van der Waals surface area contributed by atoms with Crippen molar-refractivity contribution in [1.82, 2.24) is 0 Å². The monoisotopic (exact) mass is 364 g/mol. The smallest absolute Gasteiger partial charge is 0.333 e. The summed E-state index contributed by atoms with van der Waals surface area (Å²) in [5.41, 5.74) is 2.06. The van der Waals surface area contributed by atoms with E-state index in [4.69, 9.17) is 14.6 Å². The minimum absolute atomic E-state index is 0.0974. The highest BCUT2D eigenvalue weighted by molar-refractivity contribution is 5.88. The molecule has 6 heteroatoms. The lowest BCUT2D eigenvalue weighted by molar-refractivity contribution is -0.148. The Kier molecular flexibility index (Phi) is 7.17. The second-order valence-corrected chi connectivity index (χ2v) is 7.06. The Hall–Kier alpha value is -1.92. The molecule has 1 fully saturated rings. The fourth-order valence-corrected chi connectivity index (χ4v) is 3.51. The molecule has 6 nitrogen and oxygen atoms in total. The zero-order chi connectivity index (χ0) is 19.3. The van der Waals surface area contributed by atoms with Gasteiger partial charge in [0.15, 0.2) is 0 Å². The minimum atomic E-state index is -0.564. The van der Waals surface area contributed by atoms with Crippen LogP contribution in [0.2, 0.25) is 0 Å². The molecule has 0 amide bonds. The Labute approximate surface area is 154 Å². The Morgan fingerprint density at radius 2 is 2.15 bits per heavy atom. The first-order valence-electron chi connectivity index (χ1n) is 9.03. The van der Waals surface area contributed by atoms with Gasteiger partial charge in [0.1, 0.15) is 12.2 Å². The van der Waals surface area contributed by atoms with E-state index in [0.29, 0.717) is 12.8 Å². The van der Waals surface area contributed by atoms with Crippen molar-refractivity contribution >= 4 is 11.9 Å². The lowest BCUT2D eigenvalue weighted by atomic mass is 9.82. The second kappa shape index (κ2) is 9.14. The van der Waals surface area contributed by atoms with Gasteiger partial charge in [-0.25, -0.2) is 4.79 Å². The Morgan fingerprint density at radius 1 is 1.42 bits per heavy atom. The van der Waals surface area contributed by atoms with Crippen LogP contribution in [0.25, 0.3) is 0 Å². The molecule has 2 rings (SSSR count). The number of fused-ring (bicyclic) bond motifs is 1. The molecule has 2 aliphatic rings. The van der Waals surface area contributed by atoms with E-state index in [1.54, 1.807) is 13.0 Å². The number of hydrogen-bond acceptors (Lipinski definition) is 6. The molecule has 0 radical (unpaired) electrons. The second-order valence-electron chi connectivity index (χ2n) is 7.06. The molecule has 0 aromatic rings. The third-order valence-electron chi connectivity index (χ3n) is 5.06. The Bertz CT molecular complexity index is 618. The fraction of sp³-hybridized carbons (Fsp3) is 0.600. The summed E-state index contributed by atoms with van der Waals surface area (Å²) in [4.78, 5) is 24.5. The first-order chi connectivity index (χ1) is 12.4. The molecule has 2 N–H and O–H groups in total. The molecule has 1 saturated heterocycles. The van der Waals surface area contributed by atoms with Gasteiger partial charge in [-0.05, 0) is 31.4 Å². The topological polar surface area (TPSA) is 93.1 Å². The summed E-state index contributed by atoms with van der Waals surface area (Å²) in [6.07, 6.45) is 4.89. The van der Waals surface area contributed by atoms with Crippen LogP contribution < -0.4 is 0 Å². The Balaban J connectivity index is 2.33. The number of hydrogen-bond donors (Lipinski definition) is 2. The summed E-state index contributed by atoms with van der Waals surface area (Å²) in [7, 11) is 0. The summed E-state index contributed by atoms with van der Waals surface area (Å²) in [6.45, 7) is 7.12. The predicted molar refractivity (Wildman–Crippen MR) is 96.0 cm³/mol. The highest BCUT2D eigenvalue weighted by Gasteiger charge is 2.47. The summed E-state index contributed by atoms with van der Waals surface area (Å²) in [5.74, 6) is -1.65. The van der Waals surface area contributed by atoms with Crippen LogP contribution in [0.1, 0.15) is 39.5 Å². The van der Waals surface area contributed by atoms with Gasteiger partial charge in [0.25, 0.3) is 0 Å². The molecule has 0 saturated carbocycles. The van der Waals surface area contributed by atoms with Gasteiger partial charge in [-0.1, -0.05) is 25.2 Å². The average Bonchev–Trinajstić information content (AvgIpc) is 2.87. The van der Waals surface area contributed by atoms with E-state index in [2.05, 4.69) is 12.7 Å². The number of allylic oxidation sites excluding steroid dienone is 1. The van der Waals surface area contributed by atoms with Gasteiger partial charge < -0.3 is 19.7 Å². The van der Waals surface area contributed by atoms with E-state index in [-0.39, 0.29) is 37.1 Å². The number of carbonyl (C=O) groups excluding carboxylic acids is 2. The first-order valence-corrected chi connectivity index (χ1v) is 9.03. The van der Waals surface area contributed by atoms with Crippen molar-refractivity contribution in [2.24, 2.45) is 11.8 Å². The molecule has 4 atom stereocenters. The molecule has 26 heavy (non-hydrogen) atoms. The maximum Gasteiger partial charge on any atom is 0.333 e. The maximum atomic E-state index is 12.3. The number of carbonyl (C=O) groups is 2. The fourth-order valence-electron chi connectivity index (χ4n) is 3.51. The van der Waals surface area contributed by atoms with Gasteiger partial charge >= 0.3 is 11.9 Å². The predicted octanol–water partition coefficient (Wildman–Crippen LogP) is 2.06. The van der Waals surface area contributed by atoms with Crippen LogP contribution in [0.4, 0.5) is 0 Å². The standard InChI is InChI=1S/C20H28O6/c1-12-5-4-6-15(11-22)10-17-18(14(3)20(24)26-17)16(9-12)25-19(23)13(2)7-8-21/h5,10,14,16-18,21-22H,2,4,6-9,11H2,1,3H3/b12-5?,15-10-/t14-,16+,17-,18-/m1/s1. The summed E-state index contributed by atoms with van der Waals surface area (Å²) in [6, 6.07) is 0. The van der Waals surface area contributed by atoms with E-state index >= 15 is 0 Å². The summed E-state index contributed by atoms with van der Waals surface area (Å²) in [5, 5.41) is 18.6. The van der Waals surface area contributed by atoms with Crippen molar-refractivity contribution in [2.75, 3.05) is 13.2 Å². The van der Waals surface area contributed by atoms with Crippen molar-refractivity contribution in [3.05, 3.63) is 35.5 Å². The van der Waals surface area contributed by atoms with Gasteiger partial charge in [-0.15, -0.1) is 0 Å². The Morgan fingerprint density at radius 3 is 2.81 bits per heavy atom. The van der Waals surface area contributed by atoms with Crippen LogP contribution >= 0.6 is 0 Å². The van der Waals surface area contributed by atoms with Crippen LogP contribution in [0.15, 0.2) is 35.5 Å². The van der Waals surface area contributed by atoms with Crippen LogP contribution in [-0.4, -0.2) is 47.6 Å². The third-order valence-corrected chi connectivity index (χ3v) is 5.06. The minimum Gasteiger partial charge on any atom is -0.458 e. The summed E-state index contributed by atoms with van der Waals surface area (Å²) < 4.78 is 11.2. The van der Waals surface area contributed by atoms with E-state index in [0.717, 1.165) is 17.6 Å². The van der Waals surface area contributed by atoms with Crippen LogP contribution in [0.3, 0.4) is 0 Å². The number of aliphatic hydroxyl groups excluding tert-OH is 2. The molecule has 1 aliphatic heterocycles. The normalized spacial score (nSPS) is 31.2. The molecule has 1 aliphatic carbocycles. The molecule has 0 bridgehead atoms. The van der Waals surface area contributed by atoms with Crippen molar-refractivity contribution in [1.29, 1.82) is 0 Å². The van der Waals surface area contributed by atoms with Crippen LogP contribution in [-0.2, 0) is 19.1 Å². The molecule has 0 spiro atoms. The molecule has 1 heterocycles. The van der Waals surface area contributed by atoms with Crippen molar-refractivity contribution in [2.45, 2.75) is 51.7 Å². The molecule has 0 aromatic heterocycles. The van der Waals surface area contributed by atoms with Crippen molar-refractivity contribution < 1.29 is 29.3 Å². The zero-order valence-corrected chi connectivity index (χ0v) is 15.4. The molecular formula is C20H28O6. The number of esters is 2. The number of rotatable bonds is 5. The van der Waals surface area contributed by atoms with E-state index in [1.807, 2.05) is 6.92 Å². The van der Waals surface area contributed by atoms with Gasteiger partial charge in [-0.2, -0.15) is 0 Å². The van der Waals surface area contributed by atoms with Gasteiger partial charge in [0.2, 0.25) is 0 Å². The molecule has 0 aromatic carbocycles. The van der Waals surface area contributed by atoms with Gasteiger partial charge in [0, 0.05) is 25.0 Å².